The van der Waals surface area contributed by atoms with Crippen LogP contribution in [-0.2, 0) is 10.9 Å². The lowest BCUT2D eigenvalue weighted by atomic mass is 10.1. The molecule has 32 heavy (non-hydrogen) atoms. The number of benzene rings is 2. The molecule has 4 rings (SSSR count). The van der Waals surface area contributed by atoms with Crippen molar-refractivity contribution >= 4 is 23.2 Å². The zero-order valence-corrected chi connectivity index (χ0v) is 16.9. The summed E-state index contributed by atoms with van der Waals surface area (Å²) in [7, 11) is 0. The number of halogens is 3. The molecule has 0 atom stereocenters. The van der Waals surface area contributed by atoms with Crippen LogP contribution in [-0.4, -0.2) is 42.3 Å². The zero-order chi connectivity index (χ0) is 22.6. The SMILES string of the molecule is O=C(Nc1ccc(C(F)(F)F)cc1)Nc1cccc(-c2nccnc2N2CCOCC2)c1. The van der Waals surface area contributed by atoms with E-state index in [-0.39, 0.29) is 5.69 Å². The number of nitrogens with zero attached hydrogens (tertiary/aromatic N) is 3. The fraction of sp³-hybridized carbons (Fsp3) is 0.227. The van der Waals surface area contributed by atoms with E-state index in [1.807, 2.05) is 6.07 Å². The molecule has 1 aliphatic rings. The number of rotatable bonds is 4. The molecule has 0 unspecified atom stereocenters. The van der Waals surface area contributed by atoms with E-state index >= 15 is 0 Å². The van der Waals surface area contributed by atoms with E-state index in [4.69, 9.17) is 4.74 Å². The molecule has 166 valence electrons. The molecule has 1 aromatic heterocycles. The van der Waals surface area contributed by atoms with Crippen molar-refractivity contribution in [2.75, 3.05) is 41.8 Å². The number of carbonyl (C=O) groups is 1. The van der Waals surface area contributed by atoms with E-state index in [1.165, 1.54) is 12.1 Å². The highest BCUT2D eigenvalue weighted by Gasteiger charge is 2.30. The van der Waals surface area contributed by atoms with Crippen molar-refractivity contribution in [2.24, 2.45) is 0 Å². The Morgan fingerprint density at radius 1 is 0.938 bits per heavy atom. The third kappa shape index (κ3) is 5.14. The largest absolute Gasteiger partial charge is 0.416 e. The van der Waals surface area contributed by atoms with Crippen LogP contribution in [0.5, 0.6) is 0 Å². The minimum atomic E-state index is -4.43. The number of hydrogen-bond acceptors (Lipinski definition) is 5. The lowest BCUT2D eigenvalue weighted by Gasteiger charge is -2.28. The van der Waals surface area contributed by atoms with Crippen LogP contribution in [0.2, 0.25) is 0 Å². The van der Waals surface area contributed by atoms with Gasteiger partial charge in [0.15, 0.2) is 5.82 Å². The number of morpholine rings is 1. The summed E-state index contributed by atoms with van der Waals surface area (Å²) in [6, 6.07) is 10.8. The third-order valence-corrected chi connectivity index (χ3v) is 4.85. The Labute approximate surface area is 182 Å². The summed E-state index contributed by atoms with van der Waals surface area (Å²) < 4.78 is 43.4. The number of anilines is 3. The van der Waals surface area contributed by atoms with Gasteiger partial charge in [0.25, 0.3) is 0 Å². The van der Waals surface area contributed by atoms with Crippen LogP contribution in [0.1, 0.15) is 5.56 Å². The third-order valence-electron chi connectivity index (χ3n) is 4.85. The van der Waals surface area contributed by atoms with Crippen molar-refractivity contribution in [1.29, 1.82) is 0 Å². The molecule has 2 aromatic carbocycles. The lowest BCUT2D eigenvalue weighted by Crippen LogP contribution is -2.37. The Morgan fingerprint density at radius 2 is 1.62 bits per heavy atom. The summed E-state index contributed by atoms with van der Waals surface area (Å²) >= 11 is 0. The number of amides is 2. The Morgan fingerprint density at radius 3 is 2.34 bits per heavy atom. The topological polar surface area (TPSA) is 79.4 Å². The second-order valence-electron chi connectivity index (χ2n) is 7.06. The van der Waals surface area contributed by atoms with Gasteiger partial charge in [-0.05, 0) is 36.4 Å². The first-order valence-corrected chi connectivity index (χ1v) is 9.89. The van der Waals surface area contributed by atoms with Gasteiger partial charge in [0.1, 0.15) is 5.69 Å². The van der Waals surface area contributed by atoms with Crippen LogP contribution < -0.4 is 15.5 Å². The molecule has 10 heteroatoms. The number of hydrogen-bond donors (Lipinski definition) is 2. The Hall–Kier alpha value is -3.66. The smallest absolute Gasteiger partial charge is 0.378 e. The summed E-state index contributed by atoms with van der Waals surface area (Å²) in [5.74, 6) is 0.738. The van der Waals surface area contributed by atoms with E-state index in [0.29, 0.717) is 37.7 Å². The average molecular weight is 443 g/mol. The number of ether oxygens (including phenoxy) is 1. The van der Waals surface area contributed by atoms with Crippen LogP contribution in [0.15, 0.2) is 60.9 Å². The van der Waals surface area contributed by atoms with E-state index in [2.05, 4.69) is 25.5 Å². The van der Waals surface area contributed by atoms with Crippen molar-refractivity contribution in [3.8, 4) is 11.3 Å². The minimum Gasteiger partial charge on any atom is -0.378 e. The van der Waals surface area contributed by atoms with Crippen molar-refractivity contribution in [3.63, 3.8) is 0 Å². The van der Waals surface area contributed by atoms with Gasteiger partial charge < -0.3 is 20.3 Å². The fourth-order valence-electron chi connectivity index (χ4n) is 3.32. The zero-order valence-electron chi connectivity index (χ0n) is 16.9. The number of aromatic nitrogens is 2. The molecule has 3 aromatic rings. The highest BCUT2D eigenvalue weighted by Crippen LogP contribution is 2.30. The quantitative estimate of drug-likeness (QED) is 0.614. The minimum absolute atomic E-state index is 0.246. The second kappa shape index (κ2) is 9.23. The number of carbonyl (C=O) groups excluding carboxylic acids is 1. The molecule has 0 aliphatic carbocycles. The molecule has 0 saturated carbocycles. The summed E-state index contributed by atoms with van der Waals surface area (Å²) in [5.41, 5.74) is 1.42. The van der Waals surface area contributed by atoms with Crippen LogP contribution in [0, 0.1) is 0 Å². The second-order valence-corrected chi connectivity index (χ2v) is 7.06. The van der Waals surface area contributed by atoms with Gasteiger partial charge in [0.05, 0.1) is 18.8 Å². The molecule has 1 fully saturated rings. The number of nitrogens with one attached hydrogen (secondary N) is 2. The molecule has 2 N–H and O–H groups in total. The normalized spacial score (nSPS) is 14.2. The summed E-state index contributed by atoms with van der Waals surface area (Å²) in [6.45, 7) is 2.64. The molecule has 1 saturated heterocycles. The number of alkyl halides is 3. The van der Waals surface area contributed by atoms with Crippen molar-refractivity contribution in [2.45, 2.75) is 6.18 Å². The van der Waals surface area contributed by atoms with Crippen molar-refractivity contribution in [1.82, 2.24) is 9.97 Å². The van der Waals surface area contributed by atoms with Gasteiger partial charge in [-0.2, -0.15) is 13.2 Å². The fourth-order valence-corrected chi connectivity index (χ4v) is 3.32. The molecule has 7 nitrogen and oxygen atoms in total. The van der Waals surface area contributed by atoms with Gasteiger partial charge >= 0.3 is 12.2 Å². The highest BCUT2D eigenvalue weighted by molar-refractivity contribution is 6.00. The molecule has 1 aliphatic heterocycles. The molecule has 0 bridgehead atoms. The van der Waals surface area contributed by atoms with Crippen molar-refractivity contribution in [3.05, 3.63) is 66.5 Å². The predicted octanol–water partition coefficient (Wildman–Crippen LogP) is 4.64. The maximum Gasteiger partial charge on any atom is 0.416 e. The van der Waals surface area contributed by atoms with Gasteiger partial charge in [-0.3, -0.25) is 4.98 Å². The molecule has 0 spiro atoms. The maximum atomic E-state index is 12.7. The summed E-state index contributed by atoms with van der Waals surface area (Å²) in [6.07, 6.45) is -1.19. The summed E-state index contributed by atoms with van der Waals surface area (Å²) in [5, 5.41) is 5.21. The molecule has 2 amide bonds. The average Bonchev–Trinajstić information content (AvgIpc) is 2.79. The van der Waals surface area contributed by atoms with Gasteiger partial charge in [-0.15, -0.1) is 0 Å². The van der Waals surface area contributed by atoms with Crippen LogP contribution in [0.4, 0.5) is 35.2 Å². The first kappa shape index (κ1) is 21.6. The number of urea groups is 1. The van der Waals surface area contributed by atoms with E-state index in [1.54, 1.807) is 30.6 Å². The lowest BCUT2D eigenvalue weighted by molar-refractivity contribution is -0.137. The highest BCUT2D eigenvalue weighted by atomic mass is 19.4. The summed E-state index contributed by atoms with van der Waals surface area (Å²) in [4.78, 5) is 23.4. The molecule has 0 radical (unpaired) electrons. The Bertz CT molecular complexity index is 1080. The first-order valence-electron chi connectivity index (χ1n) is 9.89. The molecule has 2 heterocycles. The molecular formula is C22H20F3N5O2. The van der Waals surface area contributed by atoms with Crippen molar-refractivity contribution < 1.29 is 22.7 Å². The Kier molecular flexibility index (Phi) is 6.22. The van der Waals surface area contributed by atoms with Gasteiger partial charge in [-0.1, -0.05) is 12.1 Å². The van der Waals surface area contributed by atoms with Gasteiger partial charge in [0.2, 0.25) is 0 Å². The van der Waals surface area contributed by atoms with E-state index in [9.17, 15) is 18.0 Å². The first-order chi connectivity index (χ1) is 15.4. The van der Waals surface area contributed by atoms with Crippen LogP contribution >= 0.6 is 0 Å². The van der Waals surface area contributed by atoms with E-state index < -0.39 is 17.8 Å². The van der Waals surface area contributed by atoms with Crippen LogP contribution in [0.3, 0.4) is 0 Å². The van der Waals surface area contributed by atoms with Gasteiger partial charge in [-0.25, -0.2) is 9.78 Å². The van der Waals surface area contributed by atoms with Crippen LogP contribution in [0.25, 0.3) is 11.3 Å². The predicted molar refractivity (Wildman–Crippen MR) is 115 cm³/mol. The van der Waals surface area contributed by atoms with Gasteiger partial charge in [0, 0.05) is 42.4 Å². The Balaban J connectivity index is 1.47. The molecular weight excluding hydrogens is 423 g/mol. The maximum absolute atomic E-state index is 12.7. The van der Waals surface area contributed by atoms with E-state index in [0.717, 1.165) is 23.5 Å². The standard InChI is InChI=1S/C22H20F3N5O2/c23-22(24,25)16-4-6-17(7-5-16)28-21(31)29-18-3-1-2-15(14-18)19-20(27-9-8-26-19)30-10-12-32-13-11-30/h1-9,14H,10-13H2,(H2,28,29,31). The monoisotopic (exact) mass is 443 g/mol.